The van der Waals surface area contributed by atoms with Gasteiger partial charge in [0.1, 0.15) is 11.5 Å². The second-order valence-electron chi connectivity index (χ2n) is 10.4. The Hall–Kier alpha value is -2.89. The Bertz CT molecular complexity index is 1200. The second kappa shape index (κ2) is 9.29. The standard InChI is InChI=1S/C30H33NO4/c1-33-20-23-12-16-34-28(23)19-31-15-14-30-13-6-5-9-25(30)27(31)17-22-10-11-24(18-26(22)30)35-29(32)21-7-3-2-4-8-21/h2-4,7-8,10-12,16,18,25,27H,5-6,9,13-15,17,19-20H2,1H3/t25-,27+,30+/m0/s1. The highest BCUT2D eigenvalue weighted by atomic mass is 16.5. The zero-order valence-electron chi connectivity index (χ0n) is 20.4. The summed E-state index contributed by atoms with van der Waals surface area (Å²) >= 11 is 0. The quantitative estimate of drug-likeness (QED) is 0.331. The molecule has 182 valence electrons. The fourth-order valence-electron chi connectivity index (χ4n) is 7.04. The lowest BCUT2D eigenvalue weighted by Crippen LogP contribution is -2.60. The van der Waals surface area contributed by atoms with Gasteiger partial charge < -0.3 is 13.9 Å². The number of piperidine rings is 1. The van der Waals surface area contributed by atoms with Crippen molar-refractivity contribution in [3.63, 3.8) is 0 Å². The SMILES string of the molecule is COCc1ccoc1CN1CC[C@]23CCCC[C@H]2[C@H]1Cc1ccc(OC(=O)c2ccccc2)cc13. The van der Waals surface area contributed by atoms with Gasteiger partial charge in [-0.05, 0) is 79.6 Å². The number of carbonyl (C=O) groups is 1. The fraction of sp³-hybridized carbons (Fsp3) is 0.433. The molecule has 35 heavy (non-hydrogen) atoms. The maximum Gasteiger partial charge on any atom is 0.343 e. The van der Waals surface area contributed by atoms with Crippen LogP contribution in [0.4, 0.5) is 0 Å². The summed E-state index contributed by atoms with van der Waals surface area (Å²) in [6.07, 6.45) is 9.01. The van der Waals surface area contributed by atoms with Crippen molar-refractivity contribution in [1.29, 1.82) is 0 Å². The molecule has 5 nitrogen and oxygen atoms in total. The van der Waals surface area contributed by atoms with Crippen LogP contribution in [-0.2, 0) is 29.7 Å². The molecule has 0 radical (unpaired) electrons. The van der Waals surface area contributed by atoms with Crippen LogP contribution < -0.4 is 4.74 Å². The number of likely N-dealkylation sites (tertiary alicyclic amines) is 1. The van der Waals surface area contributed by atoms with Crippen LogP contribution >= 0.6 is 0 Å². The van der Waals surface area contributed by atoms with Gasteiger partial charge in [-0.1, -0.05) is 37.1 Å². The average molecular weight is 472 g/mol. The largest absolute Gasteiger partial charge is 0.468 e. The van der Waals surface area contributed by atoms with E-state index in [1.165, 1.54) is 36.8 Å². The summed E-state index contributed by atoms with van der Waals surface area (Å²) in [5, 5.41) is 0. The molecule has 3 aliphatic rings. The van der Waals surface area contributed by atoms with E-state index in [-0.39, 0.29) is 11.4 Å². The lowest BCUT2D eigenvalue weighted by molar-refractivity contribution is -0.0189. The van der Waals surface area contributed by atoms with Gasteiger partial charge in [-0.3, -0.25) is 4.90 Å². The highest BCUT2D eigenvalue weighted by Crippen LogP contribution is 2.56. The topological polar surface area (TPSA) is 51.9 Å². The third kappa shape index (κ3) is 4.01. The van der Waals surface area contributed by atoms with E-state index < -0.39 is 0 Å². The third-order valence-corrected chi connectivity index (χ3v) is 8.63. The summed E-state index contributed by atoms with van der Waals surface area (Å²) in [4.78, 5) is 15.4. The summed E-state index contributed by atoms with van der Waals surface area (Å²) < 4.78 is 17.1. The molecule has 1 aromatic heterocycles. The van der Waals surface area contributed by atoms with Crippen molar-refractivity contribution in [3.05, 3.63) is 88.9 Å². The summed E-state index contributed by atoms with van der Waals surface area (Å²) in [7, 11) is 1.73. The number of fused-ring (bicyclic) bond motifs is 1. The van der Waals surface area contributed by atoms with Crippen LogP contribution in [0.5, 0.6) is 5.75 Å². The van der Waals surface area contributed by atoms with Gasteiger partial charge in [0.15, 0.2) is 0 Å². The Morgan fingerprint density at radius 1 is 1.11 bits per heavy atom. The van der Waals surface area contributed by atoms with Gasteiger partial charge >= 0.3 is 5.97 Å². The number of hydrogen-bond donors (Lipinski definition) is 0. The van der Waals surface area contributed by atoms with Gasteiger partial charge in [0, 0.05) is 24.1 Å². The number of nitrogens with zero attached hydrogens (tertiary/aromatic N) is 1. The number of hydrogen-bond acceptors (Lipinski definition) is 5. The fourth-order valence-corrected chi connectivity index (χ4v) is 7.04. The molecule has 5 heteroatoms. The highest BCUT2D eigenvalue weighted by molar-refractivity contribution is 5.91. The molecular weight excluding hydrogens is 438 g/mol. The van der Waals surface area contributed by atoms with E-state index in [1.807, 2.05) is 30.3 Å². The van der Waals surface area contributed by atoms with Crippen molar-refractivity contribution in [3.8, 4) is 5.75 Å². The normalized spacial score (nSPS) is 25.5. The van der Waals surface area contributed by atoms with Crippen LogP contribution in [0.25, 0.3) is 0 Å². The van der Waals surface area contributed by atoms with Crippen molar-refractivity contribution in [2.24, 2.45) is 5.92 Å². The van der Waals surface area contributed by atoms with E-state index in [4.69, 9.17) is 13.9 Å². The molecule has 2 aliphatic carbocycles. The molecular formula is C30H33NO4. The van der Waals surface area contributed by atoms with Crippen LogP contribution in [0.2, 0.25) is 0 Å². The molecule has 0 N–H and O–H groups in total. The molecule has 0 spiro atoms. The molecule has 3 atom stereocenters. The first-order chi connectivity index (χ1) is 17.2. The predicted octanol–water partition coefficient (Wildman–Crippen LogP) is 5.90. The average Bonchev–Trinajstić information content (AvgIpc) is 3.33. The minimum atomic E-state index is -0.294. The molecule has 1 saturated heterocycles. The number of benzene rings is 2. The number of rotatable bonds is 6. The monoisotopic (exact) mass is 471 g/mol. The van der Waals surface area contributed by atoms with E-state index in [0.717, 1.165) is 37.3 Å². The van der Waals surface area contributed by atoms with Gasteiger partial charge in [0.25, 0.3) is 0 Å². The van der Waals surface area contributed by atoms with Crippen LogP contribution in [0.15, 0.2) is 65.3 Å². The molecule has 0 amide bonds. The van der Waals surface area contributed by atoms with E-state index in [0.29, 0.717) is 29.9 Å². The summed E-state index contributed by atoms with van der Waals surface area (Å²) in [6.45, 7) is 2.48. The predicted molar refractivity (Wildman–Crippen MR) is 133 cm³/mol. The Morgan fingerprint density at radius 2 is 2.00 bits per heavy atom. The van der Waals surface area contributed by atoms with Crippen LogP contribution in [0.1, 0.15) is 64.9 Å². The summed E-state index contributed by atoms with van der Waals surface area (Å²) in [5.74, 6) is 2.02. The Morgan fingerprint density at radius 3 is 2.86 bits per heavy atom. The van der Waals surface area contributed by atoms with E-state index in [1.54, 1.807) is 25.5 Å². The molecule has 2 aromatic carbocycles. The van der Waals surface area contributed by atoms with Crippen LogP contribution in [0.3, 0.4) is 0 Å². The van der Waals surface area contributed by atoms with Gasteiger partial charge in [-0.15, -0.1) is 0 Å². The molecule has 3 aromatic rings. The number of methoxy groups -OCH3 is 1. The van der Waals surface area contributed by atoms with Crippen molar-refractivity contribution in [1.82, 2.24) is 4.90 Å². The number of ether oxygens (including phenoxy) is 2. The zero-order valence-corrected chi connectivity index (χ0v) is 20.4. The Balaban J connectivity index is 1.29. The van der Waals surface area contributed by atoms with Gasteiger partial charge in [-0.2, -0.15) is 0 Å². The molecule has 6 rings (SSSR count). The molecule has 0 unspecified atom stereocenters. The third-order valence-electron chi connectivity index (χ3n) is 8.63. The number of carbonyl (C=O) groups excluding carboxylic acids is 1. The minimum Gasteiger partial charge on any atom is -0.468 e. The lowest BCUT2D eigenvalue weighted by atomic mass is 9.52. The molecule has 2 heterocycles. The van der Waals surface area contributed by atoms with Crippen LogP contribution in [0, 0.1) is 5.92 Å². The van der Waals surface area contributed by atoms with Gasteiger partial charge in [0.2, 0.25) is 0 Å². The highest BCUT2D eigenvalue weighted by Gasteiger charge is 2.54. The first-order valence-corrected chi connectivity index (χ1v) is 12.9. The molecule has 1 saturated carbocycles. The summed E-state index contributed by atoms with van der Waals surface area (Å²) in [5.41, 5.74) is 4.75. The second-order valence-corrected chi connectivity index (χ2v) is 10.4. The first-order valence-electron chi connectivity index (χ1n) is 12.9. The Kier molecular flexibility index (Phi) is 5.99. The van der Waals surface area contributed by atoms with Crippen molar-refractivity contribution in [2.75, 3.05) is 13.7 Å². The van der Waals surface area contributed by atoms with Crippen molar-refractivity contribution in [2.45, 2.75) is 63.1 Å². The van der Waals surface area contributed by atoms with E-state index in [2.05, 4.69) is 17.0 Å². The van der Waals surface area contributed by atoms with E-state index in [9.17, 15) is 4.79 Å². The summed E-state index contributed by atoms with van der Waals surface area (Å²) in [6, 6.07) is 18.1. The number of furan rings is 1. The number of esters is 1. The zero-order chi connectivity index (χ0) is 23.8. The maximum atomic E-state index is 12.7. The van der Waals surface area contributed by atoms with Gasteiger partial charge in [0.05, 0.1) is 25.0 Å². The van der Waals surface area contributed by atoms with Crippen LogP contribution in [-0.4, -0.2) is 30.6 Å². The molecule has 2 bridgehead atoms. The molecule has 1 aliphatic heterocycles. The smallest absolute Gasteiger partial charge is 0.343 e. The Labute approximate surface area is 207 Å². The lowest BCUT2D eigenvalue weighted by Gasteiger charge is -2.59. The first kappa shape index (κ1) is 22.6. The van der Waals surface area contributed by atoms with E-state index >= 15 is 0 Å². The van der Waals surface area contributed by atoms with Crippen molar-refractivity contribution < 1.29 is 18.7 Å². The molecule has 2 fully saturated rings. The van der Waals surface area contributed by atoms with Crippen molar-refractivity contribution >= 4 is 5.97 Å². The maximum absolute atomic E-state index is 12.7. The minimum absolute atomic E-state index is 0.181. The van der Waals surface area contributed by atoms with Gasteiger partial charge in [-0.25, -0.2) is 4.79 Å².